The molecular weight excluding hydrogens is 184 g/mol. The molecule has 0 aliphatic heterocycles. The molecule has 0 radical (unpaired) electrons. The molecule has 1 nitrogen and oxygen atoms in total. The molecule has 0 aliphatic carbocycles. The minimum absolute atomic E-state index is 0.0886. The molecule has 1 aromatic rings. The van der Waals surface area contributed by atoms with Crippen LogP contribution >= 0.6 is 0 Å². The quantitative estimate of drug-likeness (QED) is 0.587. The van der Waals surface area contributed by atoms with E-state index in [4.69, 9.17) is 5.11 Å². The van der Waals surface area contributed by atoms with Crippen molar-refractivity contribution in [2.45, 2.75) is 39.2 Å². The molecule has 15 heavy (non-hydrogen) atoms. The van der Waals surface area contributed by atoms with Crippen molar-refractivity contribution < 1.29 is 5.11 Å². The molecule has 1 aromatic carbocycles. The van der Waals surface area contributed by atoms with Crippen LogP contribution in [0, 0.1) is 11.8 Å². The smallest absolute Gasteiger partial charge is 0.0682 e. The molecule has 0 bridgehead atoms. The first kappa shape index (κ1) is 11.8. The lowest BCUT2D eigenvalue weighted by Crippen LogP contribution is -1.83. The minimum atomic E-state index is 0.0886. The van der Waals surface area contributed by atoms with Crippen molar-refractivity contribution in [3.8, 4) is 11.8 Å². The van der Waals surface area contributed by atoms with E-state index in [0.717, 1.165) is 17.5 Å². The largest absolute Gasteiger partial charge is 0.392 e. The van der Waals surface area contributed by atoms with E-state index in [2.05, 4.69) is 18.8 Å². The van der Waals surface area contributed by atoms with Crippen molar-refractivity contribution in [2.24, 2.45) is 0 Å². The molecule has 0 aliphatic rings. The average molecular weight is 202 g/mol. The van der Waals surface area contributed by atoms with Gasteiger partial charge in [-0.1, -0.05) is 43.7 Å². The third kappa shape index (κ3) is 4.67. The highest BCUT2D eigenvalue weighted by molar-refractivity contribution is 5.36. The fourth-order valence-electron chi connectivity index (χ4n) is 1.38. The average Bonchev–Trinajstić information content (AvgIpc) is 2.29. The zero-order valence-electron chi connectivity index (χ0n) is 9.29. The van der Waals surface area contributed by atoms with Gasteiger partial charge in [0, 0.05) is 12.0 Å². The molecule has 0 amide bonds. The topological polar surface area (TPSA) is 20.2 Å². The molecule has 0 heterocycles. The Hall–Kier alpha value is -1.26. The maximum Gasteiger partial charge on any atom is 0.0682 e. The van der Waals surface area contributed by atoms with Crippen LogP contribution in [0.4, 0.5) is 0 Å². The summed E-state index contributed by atoms with van der Waals surface area (Å²) in [6.07, 6.45) is 4.65. The Morgan fingerprint density at radius 3 is 2.87 bits per heavy atom. The number of rotatable bonds is 4. The number of hydrogen-bond acceptors (Lipinski definition) is 1. The molecule has 0 aromatic heterocycles. The van der Waals surface area contributed by atoms with Crippen molar-refractivity contribution in [3.05, 3.63) is 35.4 Å². The number of aliphatic hydroxyl groups excluding tert-OH is 1. The van der Waals surface area contributed by atoms with Gasteiger partial charge in [0.2, 0.25) is 0 Å². The predicted molar refractivity (Wildman–Crippen MR) is 63.4 cm³/mol. The molecule has 0 saturated carbocycles. The zero-order chi connectivity index (χ0) is 10.9. The monoisotopic (exact) mass is 202 g/mol. The Kier molecular flexibility index (Phi) is 5.58. The minimum Gasteiger partial charge on any atom is -0.392 e. The second-order valence-corrected chi connectivity index (χ2v) is 3.62. The van der Waals surface area contributed by atoms with E-state index in [0.29, 0.717) is 0 Å². The number of aliphatic hydroxyl groups is 1. The number of hydrogen-bond donors (Lipinski definition) is 1. The maximum absolute atomic E-state index is 8.96. The van der Waals surface area contributed by atoms with Gasteiger partial charge in [-0.05, 0) is 24.1 Å². The van der Waals surface area contributed by atoms with Crippen LogP contribution in [-0.2, 0) is 6.61 Å². The Labute approximate surface area is 92.1 Å². The van der Waals surface area contributed by atoms with Crippen molar-refractivity contribution in [2.75, 3.05) is 0 Å². The van der Waals surface area contributed by atoms with Gasteiger partial charge < -0.3 is 5.11 Å². The SMILES string of the molecule is CCCCCC#Cc1cccc(CO)c1. The summed E-state index contributed by atoms with van der Waals surface area (Å²) in [5.74, 6) is 6.27. The molecule has 0 atom stereocenters. The molecule has 0 spiro atoms. The lowest BCUT2D eigenvalue weighted by molar-refractivity contribution is 0.282. The van der Waals surface area contributed by atoms with Gasteiger partial charge >= 0.3 is 0 Å². The predicted octanol–water partition coefficient (Wildman–Crippen LogP) is 3.11. The molecule has 0 fully saturated rings. The standard InChI is InChI=1S/C14H18O/c1-2-3-4-5-6-8-13-9-7-10-14(11-13)12-15/h7,9-11,15H,2-5,12H2,1H3. The van der Waals surface area contributed by atoms with Crippen molar-refractivity contribution in [1.29, 1.82) is 0 Å². The van der Waals surface area contributed by atoms with Gasteiger partial charge in [-0.25, -0.2) is 0 Å². The van der Waals surface area contributed by atoms with Crippen LogP contribution in [0.3, 0.4) is 0 Å². The Morgan fingerprint density at radius 2 is 2.13 bits per heavy atom. The third-order valence-corrected chi connectivity index (χ3v) is 2.25. The summed E-state index contributed by atoms with van der Waals surface area (Å²) in [5.41, 5.74) is 1.92. The van der Waals surface area contributed by atoms with Gasteiger partial charge in [-0.2, -0.15) is 0 Å². The van der Waals surface area contributed by atoms with E-state index in [1.54, 1.807) is 0 Å². The summed E-state index contributed by atoms with van der Waals surface area (Å²) in [7, 11) is 0. The van der Waals surface area contributed by atoms with Crippen LogP contribution in [0.2, 0.25) is 0 Å². The maximum atomic E-state index is 8.96. The second kappa shape index (κ2) is 7.09. The highest BCUT2D eigenvalue weighted by Crippen LogP contribution is 2.04. The van der Waals surface area contributed by atoms with Crippen LogP contribution in [0.1, 0.15) is 43.7 Å². The summed E-state index contributed by atoms with van der Waals surface area (Å²) in [5, 5.41) is 8.96. The van der Waals surface area contributed by atoms with E-state index in [1.807, 2.05) is 24.3 Å². The molecular formula is C14H18O. The van der Waals surface area contributed by atoms with E-state index < -0.39 is 0 Å². The molecule has 1 N–H and O–H groups in total. The van der Waals surface area contributed by atoms with E-state index in [9.17, 15) is 0 Å². The van der Waals surface area contributed by atoms with Crippen LogP contribution in [0.5, 0.6) is 0 Å². The van der Waals surface area contributed by atoms with Gasteiger partial charge in [-0.3, -0.25) is 0 Å². The van der Waals surface area contributed by atoms with E-state index >= 15 is 0 Å². The summed E-state index contributed by atoms with van der Waals surface area (Å²) in [6, 6.07) is 7.75. The summed E-state index contributed by atoms with van der Waals surface area (Å²) >= 11 is 0. The van der Waals surface area contributed by atoms with Crippen molar-refractivity contribution in [3.63, 3.8) is 0 Å². The Bertz CT molecular complexity index is 344. The van der Waals surface area contributed by atoms with Crippen LogP contribution < -0.4 is 0 Å². The Balaban J connectivity index is 2.48. The highest BCUT2D eigenvalue weighted by atomic mass is 16.3. The van der Waals surface area contributed by atoms with Crippen molar-refractivity contribution >= 4 is 0 Å². The molecule has 0 unspecified atom stereocenters. The molecule has 0 saturated heterocycles. The van der Waals surface area contributed by atoms with Crippen LogP contribution in [0.25, 0.3) is 0 Å². The first-order valence-corrected chi connectivity index (χ1v) is 5.55. The van der Waals surface area contributed by atoms with Gasteiger partial charge in [-0.15, -0.1) is 0 Å². The first-order chi connectivity index (χ1) is 7.36. The van der Waals surface area contributed by atoms with Crippen LogP contribution in [-0.4, -0.2) is 5.11 Å². The molecule has 1 rings (SSSR count). The van der Waals surface area contributed by atoms with Gasteiger partial charge in [0.1, 0.15) is 0 Å². The third-order valence-electron chi connectivity index (χ3n) is 2.25. The fourth-order valence-corrected chi connectivity index (χ4v) is 1.38. The normalized spacial score (nSPS) is 9.47. The lowest BCUT2D eigenvalue weighted by atomic mass is 10.1. The van der Waals surface area contributed by atoms with E-state index in [1.165, 1.54) is 19.3 Å². The summed E-state index contributed by atoms with van der Waals surface area (Å²) in [4.78, 5) is 0. The lowest BCUT2D eigenvalue weighted by Gasteiger charge is -1.95. The second-order valence-electron chi connectivity index (χ2n) is 3.62. The number of unbranched alkanes of at least 4 members (excludes halogenated alkanes) is 3. The van der Waals surface area contributed by atoms with Crippen LogP contribution in [0.15, 0.2) is 24.3 Å². The van der Waals surface area contributed by atoms with Crippen molar-refractivity contribution in [1.82, 2.24) is 0 Å². The highest BCUT2D eigenvalue weighted by Gasteiger charge is 1.90. The van der Waals surface area contributed by atoms with E-state index in [-0.39, 0.29) is 6.61 Å². The Morgan fingerprint density at radius 1 is 1.27 bits per heavy atom. The van der Waals surface area contributed by atoms with Gasteiger partial charge in [0.25, 0.3) is 0 Å². The molecule has 80 valence electrons. The summed E-state index contributed by atoms with van der Waals surface area (Å²) in [6.45, 7) is 2.28. The zero-order valence-corrected chi connectivity index (χ0v) is 9.29. The fraction of sp³-hybridized carbons (Fsp3) is 0.429. The first-order valence-electron chi connectivity index (χ1n) is 5.55. The van der Waals surface area contributed by atoms with Gasteiger partial charge in [0.05, 0.1) is 6.61 Å². The number of benzene rings is 1. The van der Waals surface area contributed by atoms with Gasteiger partial charge in [0.15, 0.2) is 0 Å². The summed E-state index contributed by atoms with van der Waals surface area (Å²) < 4.78 is 0. The molecule has 1 heteroatoms.